The van der Waals surface area contributed by atoms with Crippen LogP contribution in [-0.2, 0) is 5.60 Å². The molecule has 5 heteroatoms. The number of carbonyl (C=O) groups excluding carboxylic acids is 2. The quantitative estimate of drug-likeness (QED) is 0.844. The van der Waals surface area contributed by atoms with Crippen molar-refractivity contribution in [2.45, 2.75) is 39.7 Å². The van der Waals surface area contributed by atoms with Gasteiger partial charge >= 0.3 is 0 Å². The molecular formula is C20H24N2O3. The van der Waals surface area contributed by atoms with Crippen molar-refractivity contribution in [2.24, 2.45) is 0 Å². The van der Waals surface area contributed by atoms with Gasteiger partial charge in [0, 0.05) is 19.2 Å². The first-order valence-corrected chi connectivity index (χ1v) is 8.52. The Labute approximate surface area is 147 Å². The Balaban J connectivity index is 1.89. The molecule has 1 atom stereocenters. The molecule has 1 fully saturated rings. The predicted molar refractivity (Wildman–Crippen MR) is 95.9 cm³/mol. The van der Waals surface area contributed by atoms with E-state index in [0.29, 0.717) is 35.5 Å². The van der Waals surface area contributed by atoms with Gasteiger partial charge in [-0.2, -0.15) is 0 Å². The fourth-order valence-electron chi connectivity index (χ4n) is 3.86. The maximum atomic E-state index is 13.0. The van der Waals surface area contributed by atoms with Gasteiger partial charge in [0.2, 0.25) is 0 Å². The van der Waals surface area contributed by atoms with E-state index in [2.05, 4.69) is 4.98 Å². The van der Waals surface area contributed by atoms with Crippen LogP contribution in [0.3, 0.4) is 0 Å². The molecule has 0 unspecified atom stereocenters. The molecule has 1 aliphatic rings. The molecule has 2 aromatic rings. The summed E-state index contributed by atoms with van der Waals surface area (Å²) in [6.45, 7) is 7.79. The van der Waals surface area contributed by atoms with Crippen LogP contribution < -0.4 is 0 Å². The molecule has 3 rings (SSSR count). The molecule has 1 amide bonds. The highest BCUT2D eigenvalue weighted by atomic mass is 16.3. The van der Waals surface area contributed by atoms with Gasteiger partial charge in [-0.25, -0.2) is 0 Å². The number of nitrogens with zero attached hydrogens (tertiary/aromatic N) is 1. The lowest BCUT2D eigenvalue weighted by atomic mass is 9.89. The van der Waals surface area contributed by atoms with E-state index in [1.54, 1.807) is 18.7 Å². The van der Waals surface area contributed by atoms with E-state index in [9.17, 15) is 14.7 Å². The zero-order valence-corrected chi connectivity index (χ0v) is 15.1. The van der Waals surface area contributed by atoms with E-state index >= 15 is 0 Å². The second-order valence-corrected chi connectivity index (χ2v) is 7.00. The third-order valence-corrected chi connectivity index (χ3v) is 5.18. The summed E-state index contributed by atoms with van der Waals surface area (Å²) in [5, 5.41) is 11.1. The van der Waals surface area contributed by atoms with Crippen molar-refractivity contribution in [1.82, 2.24) is 9.88 Å². The van der Waals surface area contributed by atoms with E-state index in [1.165, 1.54) is 6.92 Å². The van der Waals surface area contributed by atoms with Crippen LogP contribution in [0, 0.1) is 20.8 Å². The number of aromatic nitrogens is 1. The number of aliphatic hydroxyl groups is 1. The normalized spacial score (nSPS) is 20.1. The lowest BCUT2D eigenvalue weighted by Crippen LogP contribution is -2.35. The SMILES string of the molecule is CC(=O)c1[nH]c(C)c(C(=O)N2CC[C@](O)(c3ccccc3C)C2)c1C. The number of aryl methyl sites for hydroxylation is 2. The van der Waals surface area contributed by atoms with E-state index in [0.717, 1.165) is 11.1 Å². The van der Waals surface area contributed by atoms with Crippen LogP contribution >= 0.6 is 0 Å². The molecule has 0 aliphatic carbocycles. The summed E-state index contributed by atoms with van der Waals surface area (Å²) in [6.07, 6.45) is 0.506. The minimum atomic E-state index is -1.03. The molecule has 0 bridgehead atoms. The number of β-amino-alcohol motifs (C(OH)–C–C–N with tert-alkyl or cyclic N) is 1. The topological polar surface area (TPSA) is 73.4 Å². The first-order chi connectivity index (χ1) is 11.7. The Hall–Kier alpha value is -2.40. The number of amides is 1. The highest BCUT2D eigenvalue weighted by molar-refractivity contribution is 6.02. The third kappa shape index (κ3) is 2.89. The lowest BCUT2D eigenvalue weighted by molar-refractivity contribution is 0.0412. The average molecular weight is 340 g/mol. The summed E-state index contributed by atoms with van der Waals surface area (Å²) >= 11 is 0. The van der Waals surface area contributed by atoms with Gasteiger partial charge in [0.15, 0.2) is 5.78 Å². The van der Waals surface area contributed by atoms with Crippen LogP contribution in [0.25, 0.3) is 0 Å². The van der Waals surface area contributed by atoms with Gasteiger partial charge < -0.3 is 15.0 Å². The zero-order chi connectivity index (χ0) is 18.4. The number of Topliss-reactive ketones (excluding diaryl/α,β-unsaturated/α-hetero) is 1. The first-order valence-electron chi connectivity index (χ1n) is 8.52. The smallest absolute Gasteiger partial charge is 0.256 e. The number of ketones is 1. The summed E-state index contributed by atoms with van der Waals surface area (Å²) in [6, 6.07) is 7.74. The van der Waals surface area contributed by atoms with Crippen molar-refractivity contribution < 1.29 is 14.7 Å². The molecule has 1 aromatic heterocycles. The van der Waals surface area contributed by atoms with Gasteiger partial charge in [0.1, 0.15) is 5.60 Å². The molecule has 2 N–H and O–H groups in total. The second kappa shape index (κ2) is 6.15. The Kier molecular flexibility index (Phi) is 4.29. The minimum absolute atomic E-state index is 0.0857. The third-order valence-electron chi connectivity index (χ3n) is 5.18. The molecule has 132 valence electrons. The summed E-state index contributed by atoms with van der Waals surface area (Å²) in [7, 11) is 0. The van der Waals surface area contributed by atoms with Gasteiger partial charge in [-0.3, -0.25) is 9.59 Å². The van der Waals surface area contributed by atoms with Gasteiger partial charge in [-0.05, 0) is 43.9 Å². The number of nitrogens with one attached hydrogen (secondary N) is 1. The van der Waals surface area contributed by atoms with E-state index in [4.69, 9.17) is 0 Å². The first kappa shape index (κ1) is 17.4. The number of carbonyl (C=O) groups is 2. The monoisotopic (exact) mass is 340 g/mol. The van der Waals surface area contributed by atoms with Gasteiger partial charge in [-0.1, -0.05) is 24.3 Å². The summed E-state index contributed by atoms with van der Waals surface area (Å²) in [5.41, 5.74) is 3.26. The van der Waals surface area contributed by atoms with Gasteiger partial charge in [-0.15, -0.1) is 0 Å². The molecule has 0 radical (unpaired) electrons. The standard InChI is InChI=1S/C20H24N2O3/c1-12-7-5-6-8-16(12)20(25)9-10-22(11-20)19(24)17-13(2)18(15(4)23)21-14(17)3/h5-8,21,25H,9-11H2,1-4H3/t20-/m1/s1. The molecular weight excluding hydrogens is 316 g/mol. The largest absolute Gasteiger partial charge is 0.383 e. The summed E-state index contributed by atoms with van der Waals surface area (Å²) in [5.74, 6) is -0.222. The van der Waals surface area contributed by atoms with Crippen molar-refractivity contribution in [3.8, 4) is 0 Å². The summed E-state index contributed by atoms with van der Waals surface area (Å²) < 4.78 is 0. The summed E-state index contributed by atoms with van der Waals surface area (Å²) in [4.78, 5) is 29.4. The number of aromatic amines is 1. The van der Waals surface area contributed by atoms with Crippen molar-refractivity contribution in [1.29, 1.82) is 0 Å². The molecule has 1 aromatic carbocycles. The van der Waals surface area contributed by atoms with E-state index in [1.807, 2.05) is 31.2 Å². The number of hydrogen-bond acceptors (Lipinski definition) is 3. The minimum Gasteiger partial charge on any atom is -0.383 e. The van der Waals surface area contributed by atoms with Gasteiger partial charge in [0.25, 0.3) is 5.91 Å². The molecule has 0 saturated carbocycles. The maximum Gasteiger partial charge on any atom is 0.256 e. The Bertz CT molecular complexity index is 853. The molecule has 5 nitrogen and oxygen atoms in total. The highest BCUT2D eigenvalue weighted by Gasteiger charge is 2.41. The molecule has 0 spiro atoms. The molecule has 25 heavy (non-hydrogen) atoms. The number of H-pyrrole nitrogens is 1. The van der Waals surface area contributed by atoms with E-state index < -0.39 is 5.60 Å². The van der Waals surface area contributed by atoms with Gasteiger partial charge in [0.05, 0.1) is 17.8 Å². The van der Waals surface area contributed by atoms with Crippen LogP contribution in [0.15, 0.2) is 24.3 Å². The number of benzene rings is 1. The van der Waals surface area contributed by atoms with E-state index in [-0.39, 0.29) is 18.2 Å². The van der Waals surface area contributed by atoms with Crippen LogP contribution in [0.4, 0.5) is 0 Å². The Morgan fingerprint density at radius 1 is 1.20 bits per heavy atom. The number of hydrogen-bond donors (Lipinski definition) is 2. The Morgan fingerprint density at radius 3 is 2.48 bits per heavy atom. The number of rotatable bonds is 3. The molecule has 1 aliphatic heterocycles. The zero-order valence-electron chi connectivity index (χ0n) is 15.1. The lowest BCUT2D eigenvalue weighted by Gasteiger charge is -2.25. The van der Waals surface area contributed by atoms with Crippen molar-refractivity contribution in [3.63, 3.8) is 0 Å². The number of likely N-dealkylation sites (tertiary alicyclic amines) is 1. The van der Waals surface area contributed by atoms with Crippen molar-refractivity contribution >= 4 is 11.7 Å². The van der Waals surface area contributed by atoms with Crippen LogP contribution in [0.2, 0.25) is 0 Å². The second-order valence-electron chi connectivity index (χ2n) is 7.00. The van der Waals surface area contributed by atoms with Crippen LogP contribution in [-0.4, -0.2) is 39.8 Å². The maximum absolute atomic E-state index is 13.0. The van der Waals surface area contributed by atoms with Crippen LogP contribution in [0.1, 0.15) is 56.6 Å². The Morgan fingerprint density at radius 2 is 1.88 bits per heavy atom. The highest BCUT2D eigenvalue weighted by Crippen LogP contribution is 2.35. The van der Waals surface area contributed by atoms with Crippen LogP contribution in [0.5, 0.6) is 0 Å². The van der Waals surface area contributed by atoms with Crippen molar-refractivity contribution in [2.75, 3.05) is 13.1 Å². The average Bonchev–Trinajstić information content (AvgIpc) is 3.09. The fraction of sp³-hybridized carbons (Fsp3) is 0.400. The fourth-order valence-corrected chi connectivity index (χ4v) is 3.86. The van der Waals surface area contributed by atoms with Crippen molar-refractivity contribution in [3.05, 3.63) is 57.9 Å². The molecule has 1 saturated heterocycles. The predicted octanol–water partition coefficient (Wildman–Crippen LogP) is 2.88. The molecule has 2 heterocycles.